The smallest absolute Gasteiger partial charge is 0.339 e. The van der Waals surface area contributed by atoms with Gasteiger partial charge in [-0.3, -0.25) is 0 Å². The van der Waals surface area contributed by atoms with Crippen LogP contribution < -0.4 is 0 Å². The van der Waals surface area contributed by atoms with Crippen LogP contribution >= 0.6 is 0 Å². The van der Waals surface area contributed by atoms with Crippen LogP contribution in [0.25, 0.3) is 6.01 Å². The summed E-state index contributed by atoms with van der Waals surface area (Å²) in [6.07, 6.45) is 2.83. The molecule has 2 heterocycles. The van der Waals surface area contributed by atoms with E-state index in [1.54, 1.807) is 20.0 Å². The van der Waals surface area contributed by atoms with Crippen molar-refractivity contribution in [2.45, 2.75) is 13.8 Å². The van der Waals surface area contributed by atoms with E-state index in [1.165, 1.54) is 10.9 Å². The number of aromatic nitrogens is 3. The molecule has 2 aromatic heterocycles. The second kappa shape index (κ2) is 3.23. The van der Waals surface area contributed by atoms with Crippen molar-refractivity contribution in [1.82, 2.24) is 14.8 Å². The number of rotatable bonds is 2. The van der Waals surface area contributed by atoms with E-state index in [0.717, 1.165) is 0 Å². The second-order valence-electron chi connectivity index (χ2n) is 3.11. The lowest BCUT2D eigenvalue weighted by Gasteiger charge is -1.97. The lowest BCUT2D eigenvalue weighted by atomic mass is 10.3. The second-order valence-corrected chi connectivity index (χ2v) is 3.11. The SMILES string of the molecule is Cc1cnc(-n2ncc(C(=O)O)c2C)o1. The van der Waals surface area contributed by atoms with Crippen molar-refractivity contribution >= 4 is 5.97 Å². The van der Waals surface area contributed by atoms with Crippen LogP contribution in [0.15, 0.2) is 16.8 Å². The zero-order valence-electron chi connectivity index (χ0n) is 8.26. The molecule has 1 N–H and O–H groups in total. The summed E-state index contributed by atoms with van der Waals surface area (Å²) in [5, 5.41) is 12.7. The number of aryl methyl sites for hydroxylation is 1. The van der Waals surface area contributed by atoms with Gasteiger partial charge in [0.15, 0.2) is 0 Å². The summed E-state index contributed by atoms with van der Waals surface area (Å²) in [6.45, 7) is 3.41. The van der Waals surface area contributed by atoms with Crippen molar-refractivity contribution in [1.29, 1.82) is 0 Å². The molecule has 0 saturated carbocycles. The van der Waals surface area contributed by atoms with Gasteiger partial charge in [-0.2, -0.15) is 14.8 Å². The van der Waals surface area contributed by atoms with Gasteiger partial charge in [-0.15, -0.1) is 0 Å². The monoisotopic (exact) mass is 207 g/mol. The van der Waals surface area contributed by atoms with Gasteiger partial charge in [-0.05, 0) is 13.8 Å². The topological polar surface area (TPSA) is 81.2 Å². The maximum atomic E-state index is 10.8. The van der Waals surface area contributed by atoms with Gasteiger partial charge in [-0.1, -0.05) is 0 Å². The molecule has 0 aromatic carbocycles. The molecule has 0 bridgehead atoms. The predicted molar refractivity (Wildman–Crippen MR) is 50.1 cm³/mol. The molecule has 0 radical (unpaired) electrons. The number of aromatic carboxylic acids is 1. The molecule has 0 aliphatic carbocycles. The minimum absolute atomic E-state index is 0.144. The van der Waals surface area contributed by atoms with Crippen LogP contribution in [0.5, 0.6) is 0 Å². The van der Waals surface area contributed by atoms with Gasteiger partial charge >= 0.3 is 12.0 Å². The van der Waals surface area contributed by atoms with E-state index in [1.807, 2.05) is 0 Å². The largest absolute Gasteiger partial charge is 0.478 e. The normalized spacial score (nSPS) is 10.5. The highest BCUT2D eigenvalue weighted by Crippen LogP contribution is 2.13. The summed E-state index contributed by atoms with van der Waals surface area (Å²) in [5.41, 5.74) is 0.634. The average molecular weight is 207 g/mol. The fourth-order valence-electron chi connectivity index (χ4n) is 1.25. The lowest BCUT2D eigenvalue weighted by Crippen LogP contribution is -2.02. The number of carboxylic acids is 1. The van der Waals surface area contributed by atoms with E-state index >= 15 is 0 Å². The molecular formula is C9H9N3O3. The fraction of sp³-hybridized carbons (Fsp3) is 0.222. The highest BCUT2D eigenvalue weighted by Gasteiger charge is 2.16. The Morgan fingerprint density at radius 2 is 2.20 bits per heavy atom. The summed E-state index contributed by atoms with van der Waals surface area (Å²) in [6, 6.07) is 0.275. The standard InChI is InChI=1S/C9H9N3O3/c1-5-3-10-9(15-5)12-6(2)7(4-11-12)8(13)14/h3-4H,1-2H3,(H,13,14). The third kappa shape index (κ3) is 1.50. The Balaban J connectivity index is 2.50. The van der Waals surface area contributed by atoms with Gasteiger partial charge in [0.05, 0.1) is 18.1 Å². The molecule has 0 amide bonds. The van der Waals surface area contributed by atoms with Gasteiger partial charge < -0.3 is 9.52 Å². The third-order valence-corrected chi connectivity index (χ3v) is 2.03. The molecule has 0 spiro atoms. The van der Waals surface area contributed by atoms with Gasteiger partial charge in [-0.25, -0.2) is 4.79 Å². The average Bonchev–Trinajstić information content (AvgIpc) is 2.71. The van der Waals surface area contributed by atoms with E-state index in [0.29, 0.717) is 11.5 Å². The summed E-state index contributed by atoms with van der Waals surface area (Å²) in [7, 11) is 0. The van der Waals surface area contributed by atoms with Crippen molar-refractivity contribution in [3.63, 3.8) is 0 Å². The van der Waals surface area contributed by atoms with Gasteiger partial charge in [0.2, 0.25) is 0 Å². The maximum Gasteiger partial charge on any atom is 0.339 e. The quantitative estimate of drug-likeness (QED) is 0.799. The summed E-state index contributed by atoms with van der Waals surface area (Å²) in [5.74, 6) is -0.362. The Morgan fingerprint density at radius 1 is 1.47 bits per heavy atom. The number of nitrogens with zero attached hydrogens (tertiary/aromatic N) is 3. The highest BCUT2D eigenvalue weighted by atomic mass is 16.4. The molecule has 0 aliphatic rings. The van der Waals surface area contributed by atoms with E-state index in [9.17, 15) is 4.79 Å². The Hall–Kier alpha value is -2.11. The number of carboxylic acid groups (broad SMARTS) is 1. The minimum Gasteiger partial charge on any atom is -0.478 e. The molecule has 0 saturated heterocycles. The van der Waals surface area contributed by atoms with Gasteiger partial charge in [0.1, 0.15) is 11.3 Å². The Labute approximate surface area is 85.2 Å². The van der Waals surface area contributed by atoms with Crippen LogP contribution in [-0.4, -0.2) is 25.8 Å². The number of carbonyl (C=O) groups is 1. The molecule has 6 nitrogen and oxygen atoms in total. The summed E-state index contributed by atoms with van der Waals surface area (Å²) >= 11 is 0. The fourth-order valence-corrected chi connectivity index (χ4v) is 1.25. The molecule has 0 aliphatic heterocycles. The number of hydrogen-bond acceptors (Lipinski definition) is 4. The van der Waals surface area contributed by atoms with Crippen LogP contribution in [-0.2, 0) is 0 Å². The molecule has 0 fully saturated rings. The molecule has 6 heteroatoms. The highest BCUT2D eigenvalue weighted by molar-refractivity contribution is 5.88. The number of oxazole rings is 1. The van der Waals surface area contributed by atoms with E-state index in [4.69, 9.17) is 9.52 Å². The van der Waals surface area contributed by atoms with Crippen molar-refractivity contribution in [3.8, 4) is 6.01 Å². The van der Waals surface area contributed by atoms with Gasteiger partial charge in [0.25, 0.3) is 0 Å². The van der Waals surface area contributed by atoms with Crippen LogP contribution in [0.3, 0.4) is 0 Å². The zero-order chi connectivity index (χ0) is 11.0. The molecule has 0 unspecified atom stereocenters. The molecule has 2 aromatic rings. The third-order valence-electron chi connectivity index (χ3n) is 2.03. The minimum atomic E-state index is -1.01. The predicted octanol–water partition coefficient (Wildman–Crippen LogP) is 1.18. The van der Waals surface area contributed by atoms with Crippen molar-refractivity contribution in [2.24, 2.45) is 0 Å². The Kier molecular flexibility index (Phi) is 2.03. The van der Waals surface area contributed by atoms with Crippen molar-refractivity contribution < 1.29 is 14.3 Å². The first-order valence-electron chi connectivity index (χ1n) is 4.30. The zero-order valence-corrected chi connectivity index (χ0v) is 8.26. The summed E-state index contributed by atoms with van der Waals surface area (Å²) < 4.78 is 6.60. The summed E-state index contributed by atoms with van der Waals surface area (Å²) in [4.78, 5) is 14.7. The molecule has 0 atom stereocenters. The Bertz CT molecular complexity index is 512. The van der Waals surface area contributed by atoms with Crippen molar-refractivity contribution in [3.05, 3.63) is 29.4 Å². The van der Waals surface area contributed by atoms with Crippen LogP contribution in [0.1, 0.15) is 21.8 Å². The molecule has 15 heavy (non-hydrogen) atoms. The first kappa shape index (κ1) is 9.45. The van der Waals surface area contributed by atoms with E-state index in [-0.39, 0.29) is 11.6 Å². The van der Waals surface area contributed by atoms with Crippen LogP contribution in [0.4, 0.5) is 0 Å². The van der Waals surface area contributed by atoms with Crippen molar-refractivity contribution in [2.75, 3.05) is 0 Å². The van der Waals surface area contributed by atoms with Gasteiger partial charge in [0, 0.05) is 0 Å². The van der Waals surface area contributed by atoms with E-state index in [2.05, 4.69) is 10.1 Å². The molecular weight excluding hydrogens is 198 g/mol. The van der Waals surface area contributed by atoms with Crippen LogP contribution in [0.2, 0.25) is 0 Å². The first-order chi connectivity index (χ1) is 7.09. The lowest BCUT2D eigenvalue weighted by molar-refractivity contribution is 0.0696. The molecule has 2 rings (SSSR count). The number of hydrogen-bond donors (Lipinski definition) is 1. The first-order valence-corrected chi connectivity index (χ1v) is 4.30. The Morgan fingerprint density at radius 3 is 2.67 bits per heavy atom. The maximum absolute atomic E-state index is 10.8. The van der Waals surface area contributed by atoms with E-state index < -0.39 is 5.97 Å². The van der Waals surface area contributed by atoms with Crippen LogP contribution in [0, 0.1) is 13.8 Å². The molecule has 78 valence electrons.